The first-order valence-corrected chi connectivity index (χ1v) is 2.77. The zero-order chi connectivity index (χ0) is 6.78. The maximum absolute atomic E-state index is 10.1. The van der Waals surface area contributed by atoms with Crippen LogP contribution in [0.3, 0.4) is 0 Å². The average molecular weight is 199 g/mol. The van der Waals surface area contributed by atoms with E-state index in [4.69, 9.17) is 10.8 Å². The first kappa shape index (κ1) is 12.0. The predicted molar refractivity (Wildman–Crippen MR) is 34.1 cm³/mol. The van der Waals surface area contributed by atoms with Gasteiger partial charge in [0.2, 0.25) is 0 Å². The van der Waals surface area contributed by atoms with Gasteiger partial charge in [-0.25, -0.2) is 0 Å². The van der Waals surface area contributed by atoms with Crippen LogP contribution < -0.4 is 5.73 Å². The van der Waals surface area contributed by atoms with Gasteiger partial charge in [0.1, 0.15) is 5.54 Å². The smallest absolute Gasteiger partial charge is 0.324 e. The van der Waals surface area contributed by atoms with Gasteiger partial charge in [-0.1, -0.05) is 0 Å². The molecule has 0 aromatic carbocycles. The summed E-state index contributed by atoms with van der Waals surface area (Å²) in [6.07, 6.45) is 0. The summed E-state index contributed by atoms with van der Waals surface area (Å²) in [6, 6.07) is 0. The van der Waals surface area contributed by atoms with Crippen LogP contribution in [0.4, 0.5) is 0 Å². The van der Waals surface area contributed by atoms with Crippen LogP contribution in [-0.4, -0.2) is 22.4 Å². The van der Waals surface area contributed by atoms with Crippen molar-refractivity contribution in [2.24, 2.45) is 5.73 Å². The van der Waals surface area contributed by atoms with E-state index in [1.165, 1.54) is 6.92 Å². The predicted octanol–water partition coefficient (Wildman–Crippen LogP) is -0.284. The van der Waals surface area contributed by atoms with E-state index in [1.807, 2.05) is 0 Å². The summed E-state index contributed by atoms with van der Waals surface area (Å²) < 4.78 is 0. The van der Waals surface area contributed by atoms with E-state index in [0.29, 0.717) is 0 Å². The number of carboxylic acids is 1. The molecule has 0 aliphatic carbocycles. The van der Waals surface area contributed by atoms with Crippen LogP contribution in [0.2, 0.25) is 0 Å². The minimum atomic E-state index is -1.18. The van der Waals surface area contributed by atoms with Crippen LogP contribution >= 0.6 is 12.6 Å². The van der Waals surface area contributed by atoms with Crippen molar-refractivity contribution in [1.82, 2.24) is 0 Å². The van der Waals surface area contributed by atoms with Crippen molar-refractivity contribution in [2.45, 2.75) is 12.5 Å². The molecule has 0 rings (SSSR count). The maximum Gasteiger partial charge on any atom is 0.324 e. The van der Waals surface area contributed by atoms with Gasteiger partial charge in [0.25, 0.3) is 0 Å². The van der Waals surface area contributed by atoms with Crippen molar-refractivity contribution in [3.8, 4) is 0 Å². The van der Waals surface area contributed by atoms with E-state index in [2.05, 4.69) is 12.6 Å². The van der Waals surface area contributed by atoms with Gasteiger partial charge in [-0.15, -0.1) is 0 Å². The molecule has 0 aromatic heterocycles. The first-order chi connectivity index (χ1) is 3.50. The van der Waals surface area contributed by atoms with Crippen molar-refractivity contribution in [3.05, 3.63) is 0 Å². The van der Waals surface area contributed by atoms with Crippen molar-refractivity contribution < 1.29 is 27.0 Å². The molecule has 0 saturated carbocycles. The molecule has 0 bridgehead atoms. The molecule has 0 heterocycles. The Bertz CT molecular complexity index is 107. The molecular formula is C4H9CuNO2S. The number of rotatable bonds is 2. The second kappa shape index (κ2) is 4.17. The van der Waals surface area contributed by atoms with Crippen LogP contribution in [0.15, 0.2) is 0 Å². The molecular weight excluding hydrogens is 190 g/mol. The molecule has 0 aromatic rings. The maximum atomic E-state index is 10.1. The van der Waals surface area contributed by atoms with E-state index < -0.39 is 11.5 Å². The van der Waals surface area contributed by atoms with Gasteiger partial charge < -0.3 is 10.8 Å². The third-order valence-electron chi connectivity index (χ3n) is 0.817. The van der Waals surface area contributed by atoms with Crippen LogP contribution in [0.1, 0.15) is 6.92 Å². The van der Waals surface area contributed by atoms with Gasteiger partial charge in [0, 0.05) is 22.8 Å². The van der Waals surface area contributed by atoms with Crippen LogP contribution in [0.25, 0.3) is 0 Å². The normalized spacial score (nSPS) is 15.4. The Kier molecular flexibility index (Phi) is 5.57. The number of hydrogen-bond donors (Lipinski definition) is 3. The summed E-state index contributed by atoms with van der Waals surface area (Å²) in [5, 5.41) is 8.27. The molecule has 0 saturated heterocycles. The van der Waals surface area contributed by atoms with Gasteiger partial charge in [-0.2, -0.15) is 12.6 Å². The Labute approximate surface area is 69.9 Å². The molecule has 0 aliphatic rings. The standard InChI is InChI=1S/C4H9NO2S.Cu/c1-4(5,2-8)3(6)7;/h8H,2,5H2,1H3,(H,6,7);. The van der Waals surface area contributed by atoms with Gasteiger partial charge in [-0.05, 0) is 6.92 Å². The molecule has 0 fully saturated rings. The van der Waals surface area contributed by atoms with Crippen molar-refractivity contribution in [1.29, 1.82) is 0 Å². The molecule has 3 N–H and O–H groups in total. The Balaban J connectivity index is 0. The van der Waals surface area contributed by atoms with Crippen molar-refractivity contribution in [2.75, 3.05) is 5.75 Å². The molecule has 5 heteroatoms. The van der Waals surface area contributed by atoms with Gasteiger partial charge in [-0.3, -0.25) is 4.79 Å². The number of aliphatic carboxylic acids is 1. The first-order valence-electron chi connectivity index (χ1n) is 2.14. The number of nitrogens with two attached hydrogens (primary N) is 1. The van der Waals surface area contributed by atoms with E-state index in [1.54, 1.807) is 0 Å². The Hall–Kier alpha value is 0.299. The van der Waals surface area contributed by atoms with Crippen LogP contribution in [-0.2, 0) is 21.9 Å². The molecule has 1 radical (unpaired) electrons. The fraction of sp³-hybridized carbons (Fsp3) is 0.750. The minimum Gasteiger partial charge on any atom is -0.480 e. The summed E-state index contributed by atoms with van der Waals surface area (Å²) in [7, 11) is 0. The molecule has 3 nitrogen and oxygen atoms in total. The van der Waals surface area contributed by atoms with E-state index >= 15 is 0 Å². The number of carbonyl (C=O) groups is 1. The monoisotopic (exact) mass is 198 g/mol. The second-order valence-electron chi connectivity index (χ2n) is 1.88. The van der Waals surface area contributed by atoms with Gasteiger partial charge in [0.05, 0.1) is 0 Å². The van der Waals surface area contributed by atoms with Gasteiger partial charge >= 0.3 is 5.97 Å². The van der Waals surface area contributed by atoms with Crippen molar-refractivity contribution >= 4 is 18.6 Å². The Morgan fingerprint density at radius 2 is 2.22 bits per heavy atom. The van der Waals surface area contributed by atoms with Crippen LogP contribution in [0.5, 0.6) is 0 Å². The van der Waals surface area contributed by atoms with E-state index in [9.17, 15) is 4.79 Å². The topological polar surface area (TPSA) is 63.3 Å². The largest absolute Gasteiger partial charge is 0.480 e. The molecule has 9 heavy (non-hydrogen) atoms. The summed E-state index contributed by atoms with van der Waals surface area (Å²) in [5.74, 6) is -0.866. The molecule has 59 valence electrons. The molecule has 0 spiro atoms. The number of hydrogen-bond acceptors (Lipinski definition) is 3. The van der Waals surface area contributed by atoms with Crippen LogP contribution in [0, 0.1) is 0 Å². The van der Waals surface area contributed by atoms with E-state index in [-0.39, 0.29) is 22.8 Å². The minimum absolute atomic E-state index is 0. The Morgan fingerprint density at radius 3 is 2.22 bits per heavy atom. The molecule has 0 aliphatic heterocycles. The molecule has 1 atom stereocenters. The summed E-state index contributed by atoms with van der Waals surface area (Å²) >= 11 is 3.73. The van der Waals surface area contributed by atoms with Gasteiger partial charge in [0.15, 0.2) is 0 Å². The fourth-order valence-electron chi connectivity index (χ4n) is 0.0676. The number of thiol groups is 1. The summed E-state index contributed by atoms with van der Waals surface area (Å²) in [5.41, 5.74) is 4.01. The number of carboxylic acid groups (broad SMARTS) is 1. The third kappa shape index (κ3) is 3.81. The zero-order valence-corrected chi connectivity index (χ0v) is 6.72. The third-order valence-corrected chi connectivity index (χ3v) is 1.47. The summed E-state index contributed by atoms with van der Waals surface area (Å²) in [6.45, 7) is 1.42. The molecule has 1 unspecified atom stereocenters. The quantitative estimate of drug-likeness (QED) is 0.423. The Morgan fingerprint density at radius 1 is 1.89 bits per heavy atom. The van der Waals surface area contributed by atoms with Crippen molar-refractivity contribution in [3.63, 3.8) is 0 Å². The second-order valence-corrected chi connectivity index (χ2v) is 2.20. The zero-order valence-electron chi connectivity index (χ0n) is 4.89. The SMILES string of the molecule is CC(N)(CS)C(=O)O.[Cu]. The summed E-state index contributed by atoms with van der Waals surface area (Å²) in [4.78, 5) is 10.1. The van der Waals surface area contributed by atoms with E-state index in [0.717, 1.165) is 0 Å². The molecule has 0 amide bonds. The fourth-order valence-corrected chi connectivity index (χ4v) is 0.203. The average Bonchev–Trinajstić information content (AvgIpc) is 1.67.